The normalized spacial score (nSPS) is 12.5. The number of carbonyl (C=O) groups is 1. The maximum Gasteiger partial charge on any atom is 0.500 e. The molecule has 0 aliphatic carbocycles. The summed E-state index contributed by atoms with van der Waals surface area (Å²) in [7, 11) is 1.45. The number of methoxy groups -OCH3 is 1. The van der Waals surface area contributed by atoms with Gasteiger partial charge in [-0.05, 0) is 40.0 Å². The lowest BCUT2D eigenvalue weighted by atomic mass is 10.2. The molecule has 0 radical (unpaired) electrons. The molecule has 17 heteroatoms. The Labute approximate surface area is 279 Å². The van der Waals surface area contributed by atoms with E-state index >= 15 is 0 Å². The number of hydrogen-bond donors (Lipinski definition) is 2. The highest BCUT2D eigenvalue weighted by molar-refractivity contribution is 6.61. The monoisotopic (exact) mass is 708 g/mol. The number of esters is 1. The van der Waals surface area contributed by atoms with Crippen LogP contribution in [0.25, 0.3) is 0 Å². The second-order valence-electron chi connectivity index (χ2n) is 9.50. The van der Waals surface area contributed by atoms with Crippen molar-refractivity contribution in [1.82, 2.24) is 0 Å². The zero-order valence-corrected chi connectivity index (χ0v) is 31.4. The van der Waals surface area contributed by atoms with Crippen molar-refractivity contribution in [1.29, 1.82) is 0 Å². The molecule has 0 aromatic rings. The number of hydrogen-bond acceptors (Lipinski definition) is 15. The van der Waals surface area contributed by atoms with Gasteiger partial charge in [0.2, 0.25) is 0 Å². The summed E-state index contributed by atoms with van der Waals surface area (Å²) >= 11 is 0. The first-order valence-corrected chi connectivity index (χ1v) is 20.0. The molecule has 0 spiro atoms. The lowest BCUT2D eigenvalue weighted by Crippen LogP contribution is -2.45. The summed E-state index contributed by atoms with van der Waals surface area (Å²) in [6, 6.07) is 1.44. The lowest BCUT2D eigenvalue weighted by molar-refractivity contribution is -0.146. The van der Waals surface area contributed by atoms with Crippen LogP contribution >= 0.6 is 0 Å². The summed E-state index contributed by atoms with van der Waals surface area (Å²) in [5.74, 6) is -0.278. The van der Waals surface area contributed by atoms with Crippen molar-refractivity contribution in [2.24, 2.45) is 0 Å². The molecule has 15 nitrogen and oxygen atoms in total. The average Bonchev–Trinajstić information content (AvgIpc) is 3.06. The summed E-state index contributed by atoms with van der Waals surface area (Å²) in [6.45, 7) is 10.4. The Morgan fingerprint density at radius 1 is 0.609 bits per heavy atom. The minimum Gasteiger partial charge on any atom is -0.463 e. The van der Waals surface area contributed by atoms with Crippen LogP contribution in [0.2, 0.25) is 12.1 Å². The van der Waals surface area contributed by atoms with Gasteiger partial charge in [0, 0.05) is 73.4 Å². The Balaban J connectivity index is 0. The molecule has 0 rings (SSSR count). The summed E-state index contributed by atoms with van der Waals surface area (Å²) in [4.78, 5) is 11.9. The number of carbonyl (C=O) groups excluding carboxylic acids is 1. The van der Waals surface area contributed by atoms with Gasteiger partial charge in [-0.15, -0.1) is 0 Å². The summed E-state index contributed by atoms with van der Waals surface area (Å²) in [5, 5.41) is 17.6. The minimum absolute atomic E-state index is 0.0738. The van der Waals surface area contributed by atoms with Crippen molar-refractivity contribution in [2.75, 3.05) is 121 Å². The molecule has 278 valence electrons. The Morgan fingerprint density at radius 3 is 1.67 bits per heavy atom. The molecule has 0 saturated carbocycles. The zero-order chi connectivity index (χ0) is 34.8. The second kappa shape index (κ2) is 34.3. The Bertz CT molecular complexity index is 622. The van der Waals surface area contributed by atoms with E-state index in [1.165, 1.54) is 0 Å². The van der Waals surface area contributed by atoms with Crippen LogP contribution in [-0.4, -0.2) is 161 Å². The molecule has 2 N–H and O–H groups in total. The van der Waals surface area contributed by atoms with Gasteiger partial charge in [0.25, 0.3) is 0 Å². The number of aliphatic hydroxyl groups is 2. The molecule has 0 saturated heterocycles. The first-order valence-electron chi connectivity index (χ1n) is 16.1. The van der Waals surface area contributed by atoms with E-state index in [0.717, 1.165) is 18.9 Å². The van der Waals surface area contributed by atoms with Crippen LogP contribution in [-0.2, 0) is 59.8 Å². The SMILES string of the molecule is CCO[Si](CCCCC(=O)OCCOCC(COCCO)OCCO)(OCC)OCC.COCCOCCC[Si](OC)(OC)OC. The van der Waals surface area contributed by atoms with Crippen molar-refractivity contribution in [3.8, 4) is 0 Å². The van der Waals surface area contributed by atoms with Crippen LogP contribution in [0.4, 0.5) is 0 Å². The van der Waals surface area contributed by atoms with Crippen molar-refractivity contribution >= 4 is 23.6 Å². The van der Waals surface area contributed by atoms with Crippen LogP contribution < -0.4 is 0 Å². The third-order valence-corrected chi connectivity index (χ3v) is 12.1. The maximum absolute atomic E-state index is 11.9. The Hall–Kier alpha value is -0.616. The fourth-order valence-corrected chi connectivity index (χ4v) is 8.32. The van der Waals surface area contributed by atoms with Gasteiger partial charge in [-0.25, -0.2) is 0 Å². The predicted octanol–water partition coefficient (Wildman–Crippen LogP) is 2.07. The number of unbranched alkanes of at least 4 members (excludes halogenated alkanes) is 1. The molecule has 1 unspecified atom stereocenters. The maximum atomic E-state index is 11.9. The minimum atomic E-state index is -2.66. The predicted molar refractivity (Wildman–Crippen MR) is 175 cm³/mol. The molecule has 0 bridgehead atoms. The van der Waals surface area contributed by atoms with Gasteiger partial charge < -0.3 is 65.2 Å². The topological polar surface area (TPSA) is 168 Å². The van der Waals surface area contributed by atoms with Crippen molar-refractivity contribution in [3.63, 3.8) is 0 Å². The van der Waals surface area contributed by atoms with Crippen molar-refractivity contribution in [3.05, 3.63) is 0 Å². The molecular weight excluding hydrogens is 644 g/mol. The lowest BCUT2D eigenvalue weighted by Gasteiger charge is -2.28. The van der Waals surface area contributed by atoms with E-state index in [1.54, 1.807) is 28.4 Å². The van der Waals surface area contributed by atoms with Crippen LogP contribution in [0, 0.1) is 0 Å². The van der Waals surface area contributed by atoms with Crippen molar-refractivity contribution in [2.45, 2.75) is 64.6 Å². The van der Waals surface area contributed by atoms with Gasteiger partial charge in [-0.1, -0.05) is 0 Å². The van der Waals surface area contributed by atoms with Gasteiger partial charge in [0.15, 0.2) is 0 Å². The number of ether oxygens (including phenoxy) is 6. The van der Waals surface area contributed by atoms with Gasteiger partial charge in [-0.3, -0.25) is 4.79 Å². The Kier molecular flexibility index (Phi) is 35.4. The fraction of sp³-hybridized carbons (Fsp3) is 0.966. The number of aliphatic hydroxyl groups excluding tert-OH is 2. The molecular formula is C29H64O15Si2. The second-order valence-corrected chi connectivity index (χ2v) is 15.3. The Morgan fingerprint density at radius 2 is 1.15 bits per heavy atom. The summed E-state index contributed by atoms with van der Waals surface area (Å²) in [5.41, 5.74) is 0. The molecule has 0 aliphatic heterocycles. The third-order valence-electron chi connectivity index (χ3n) is 6.12. The van der Waals surface area contributed by atoms with Gasteiger partial charge in [0.1, 0.15) is 12.7 Å². The van der Waals surface area contributed by atoms with E-state index in [0.29, 0.717) is 58.5 Å². The van der Waals surface area contributed by atoms with Gasteiger partial charge in [0.05, 0.1) is 59.5 Å². The molecule has 1 atom stereocenters. The smallest absolute Gasteiger partial charge is 0.463 e. The average molecular weight is 709 g/mol. The summed E-state index contributed by atoms with van der Waals surface area (Å²) in [6.07, 6.45) is 2.24. The van der Waals surface area contributed by atoms with Crippen LogP contribution in [0.5, 0.6) is 0 Å². The van der Waals surface area contributed by atoms with Gasteiger partial charge in [-0.2, -0.15) is 0 Å². The van der Waals surface area contributed by atoms with Crippen LogP contribution in [0.1, 0.15) is 46.5 Å². The molecule has 0 fully saturated rings. The molecule has 0 aromatic carbocycles. The van der Waals surface area contributed by atoms with Crippen molar-refractivity contribution < 1.29 is 70.0 Å². The third kappa shape index (κ3) is 26.4. The van der Waals surface area contributed by atoms with Gasteiger partial charge >= 0.3 is 23.6 Å². The quantitative estimate of drug-likeness (QED) is 0.0577. The molecule has 0 aliphatic rings. The highest BCUT2D eigenvalue weighted by Gasteiger charge is 2.39. The molecule has 46 heavy (non-hydrogen) atoms. The molecule has 0 heterocycles. The fourth-order valence-electron chi connectivity index (χ4n) is 3.95. The van der Waals surface area contributed by atoms with Crippen LogP contribution in [0.15, 0.2) is 0 Å². The van der Waals surface area contributed by atoms with Crippen LogP contribution in [0.3, 0.4) is 0 Å². The highest BCUT2D eigenvalue weighted by Crippen LogP contribution is 2.20. The zero-order valence-electron chi connectivity index (χ0n) is 29.4. The summed E-state index contributed by atoms with van der Waals surface area (Å²) < 4.78 is 64.7. The van der Waals surface area contributed by atoms with E-state index in [2.05, 4.69) is 0 Å². The largest absolute Gasteiger partial charge is 0.500 e. The first kappa shape index (κ1) is 47.5. The van der Waals surface area contributed by atoms with E-state index in [-0.39, 0.29) is 64.9 Å². The van der Waals surface area contributed by atoms with E-state index < -0.39 is 17.6 Å². The van der Waals surface area contributed by atoms with E-state index in [1.807, 2.05) is 20.8 Å². The number of rotatable bonds is 33. The molecule has 0 aromatic heterocycles. The highest BCUT2D eigenvalue weighted by atomic mass is 28.4. The standard InChI is InChI=1S/C20H42O10Si.C9H22O5Si/c1-4-28-31(29-5-2,30-6-3)16-8-7-9-20(23)27-15-14-25-18-19(26-13-11-22)17-24-12-10-21;1-10-7-8-14-6-5-9-15(11-2,12-3)13-4/h19,21-22H,4-18H2,1-3H3;5-9H2,1-4H3. The van der Waals surface area contributed by atoms with E-state index in [4.69, 9.17) is 65.2 Å². The van der Waals surface area contributed by atoms with E-state index in [9.17, 15) is 4.79 Å². The molecule has 0 amide bonds. The first-order chi connectivity index (χ1) is 22.3.